The Balaban J connectivity index is 0.920. The van der Waals surface area contributed by atoms with Crippen molar-refractivity contribution in [1.82, 2.24) is 26.6 Å². The van der Waals surface area contributed by atoms with Crippen LogP contribution >= 0.6 is 0 Å². The third-order valence-electron chi connectivity index (χ3n) is 24.9. The molecule has 0 saturated carbocycles. The first-order valence-electron chi connectivity index (χ1n) is 43.5. The monoisotopic (exact) mass is 1990 g/mol. The lowest BCUT2D eigenvalue weighted by Crippen LogP contribution is -2.71. The van der Waals surface area contributed by atoms with Crippen LogP contribution in [0.5, 0.6) is 0 Å². The van der Waals surface area contributed by atoms with E-state index in [2.05, 4.69) is 26.6 Å². The van der Waals surface area contributed by atoms with Crippen LogP contribution in [0.1, 0.15) is 41.5 Å². The molecule has 55 atom stereocenters. The molecule has 0 aromatic rings. The number of rotatable bonds is 35. The Hall–Kier alpha value is -4.65. The zero-order valence-corrected chi connectivity index (χ0v) is 73.4. The Morgan fingerprint density at radius 1 is 0.206 bits per heavy atom. The highest BCUT2D eigenvalue weighted by atomic mass is 16.8. The zero-order valence-electron chi connectivity index (χ0n) is 73.4. The second-order valence-electron chi connectivity index (χ2n) is 34.5. The predicted octanol–water partition coefficient (Wildman–Crippen LogP) is -23.2. The molecule has 0 bridgehead atoms. The summed E-state index contributed by atoms with van der Waals surface area (Å²) < 4.78 is 125. The number of nitrogens with one attached hydrogen (secondary N) is 5. The molecule has 0 spiro atoms. The van der Waals surface area contributed by atoms with Crippen molar-refractivity contribution in [2.45, 2.75) is 379 Å². The van der Waals surface area contributed by atoms with E-state index < -0.39 is 433 Å². The maximum absolute atomic E-state index is 13.4. The maximum atomic E-state index is 13.4. The molecular formula is C76H127N5O55. The maximum Gasteiger partial charge on any atom is 0.217 e. The van der Waals surface area contributed by atoms with Crippen molar-refractivity contribution in [3.05, 3.63) is 0 Å². The molecule has 11 fully saturated rings. The van der Waals surface area contributed by atoms with Crippen molar-refractivity contribution in [3.8, 4) is 0 Å². The number of ether oxygens (including phenoxy) is 21. The van der Waals surface area contributed by atoms with E-state index in [0.29, 0.717) is 0 Å². The molecule has 0 unspecified atom stereocenters. The smallest absolute Gasteiger partial charge is 0.217 e. The fraction of sp³-hybridized carbons (Fsp3) is 0.934. The Bertz CT molecular complexity index is 3760. The molecule has 34 N–H and O–H groups in total. The summed E-state index contributed by atoms with van der Waals surface area (Å²) in [6, 6.07) is -9.58. The minimum atomic E-state index is -2.68. The molecule has 0 aromatic heterocycles. The lowest BCUT2D eigenvalue weighted by Gasteiger charge is -2.51. The van der Waals surface area contributed by atoms with Gasteiger partial charge in [-0.25, -0.2) is 0 Å². The first kappa shape index (κ1) is 112. The first-order chi connectivity index (χ1) is 64.3. The van der Waals surface area contributed by atoms with Crippen molar-refractivity contribution in [3.63, 3.8) is 0 Å². The molecular weight excluding hydrogens is 1860 g/mol. The number of hydrogen-bond acceptors (Lipinski definition) is 55. The Morgan fingerprint density at radius 2 is 0.456 bits per heavy atom. The first-order valence-corrected chi connectivity index (χ1v) is 43.5. The van der Waals surface area contributed by atoms with Crippen LogP contribution in [-0.4, -0.2) is 581 Å². The molecule has 11 heterocycles. The van der Waals surface area contributed by atoms with Gasteiger partial charge in [-0.1, -0.05) is 0 Å². The lowest BCUT2D eigenvalue weighted by molar-refractivity contribution is -0.400. The van der Waals surface area contributed by atoms with Gasteiger partial charge in [0.1, 0.15) is 262 Å². The fourth-order valence-corrected chi connectivity index (χ4v) is 17.7. The van der Waals surface area contributed by atoms with Crippen LogP contribution in [0.4, 0.5) is 0 Å². The van der Waals surface area contributed by atoms with E-state index in [4.69, 9.17) is 99.5 Å². The number of aliphatic hydroxyl groups is 29. The minimum absolute atomic E-state index is 0.822. The summed E-state index contributed by atoms with van der Waals surface area (Å²) in [5.41, 5.74) is 0. The Kier molecular flexibility index (Phi) is 40.1. The average molecular weight is 1990 g/mol. The molecule has 0 aliphatic carbocycles. The number of aliphatic hydroxyl groups excluding tert-OH is 29. The van der Waals surface area contributed by atoms with E-state index in [0.717, 1.165) is 34.6 Å². The van der Waals surface area contributed by atoms with E-state index in [9.17, 15) is 172 Å². The van der Waals surface area contributed by atoms with Crippen LogP contribution in [0.15, 0.2) is 0 Å². The van der Waals surface area contributed by atoms with Gasteiger partial charge in [0.25, 0.3) is 0 Å². The SMILES string of the molecule is CC(=O)N[C@@H]1[C@H](O[C@@H]2[C@@H](O[C@@H]3[C@H](O)[C@H](O[C@H]4[C@H](O)[C@@H](NC(C)=O)[C@H](O[C@H]5[C@H](O)[C@@H](NC(C)=O)[C@H](O)O[C@@H]5CO[C@@H]5O[C@@H](C)[C@@H](O)[C@@H](O)[C@@H]5O)O[C@@H]4CO)O[C@H](CO[C@H]4O[C@H](CO)[C@@H](O)[C@H](O)[C@@H]4O[C@@H]4O[C@H](CO)[C@@H](O[C@@H]5O[C@H](CO)[C@H](O)[C@H](O)[C@H]5NC(C)=O)[C@H](O)[C@H]4NC(C)=O)[C@H]3O)O[C@H](CO)[C@@H](O)[C@@H]2O)O[C@H](CO)[C@@H](O[C@@H]2O[C@H](CO)[C@H](O)[C@H](O[C@H]3O[C@H](CO)[C@H](O)[C@H](O)[C@H]3O)[C@H]2O)[C@@H]1O. The number of carbonyl (C=O) groups excluding carboxylic acids is 5. The predicted molar refractivity (Wildman–Crippen MR) is 419 cm³/mol. The van der Waals surface area contributed by atoms with Gasteiger partial charge in [-0.15, -0.1) is 0 Å². The molecule has 11 rings (SSSR count). The Morgan fingerprint density at radius 3 is 0.860 bits per heavy atom. The van der Waals surface area contributed by atoms with Gasteiger partial charge in [0.2, 0.25) is 29.5 Å². The van der Waals surface area contributed by atoms with Crippen LogP contribution in [0.2, 0.25) is 0 Å². The van der Waals surface area contributed by atoms with Gasteiger partial charge in [0, 0.05) is 34.6 Å². The molecule has 5 amide bonds. The fourth-order valence-electron chi connectivity index (χ4n) is 17.7. The van der Waals surface area contributed by atoms with Crippen molar-refractivity contribution < 1.29 is 272 Å². The third kappa shape index (κ3) is 24.8. The van der Waals surface area contributed by atoms with Crippen molar-refractivity contribution >= 4 is 29.5 Å². The van der Waals surface area contributed by atoms with E-state index in [1.165, 1.54) is 6.92 Å². The molecule has 0 aromatic carbocycles. The summed E-state index contributed by atoms with van der Waals surface area (Å²) in [6.07, 6.45) is -105. The van der Waals surface area contributed by atoms with Crippen molar-refractivity contribution in [2.75, 3.05) is 66.1 Å². The van der Waals surface area contributed by atoms with Gasteiger partial charge in [-0.2, -0.15) is 0 Å². The molecule has 136 heavy (non-hydrogen) atoms. The molecule has 11 saturated heterocycles. The summed E-state index contributed by atoms with van der Waals surface area (Å²) in [5, 5.41) is 339. The average Bonchev–Trinajstić information content (AvgIpc) is 0.440. The van der Waals surface area contributed by atoms with Crippen molar-refractivity contribution in [2.24, 2.45) is 0 Å². The van der Waals surface area contributed by atoms with Crippen LogP contribution in [0.25, 0.3) is 0 Å². The van der Waals surface area contributed by atoms with Gasteiger partial charge >= 0.3 is 0 Å². The van der Waals surface area contributed by atoms with E-state index >= 15 is 0 Å². The van der Waals surface area contributed by atoms with Gasteiger partial charge in [0.05, 0.1) is 72.2 Å². The van der Waals surface area contributed by atoms with Gasteiger partial charge < -0.3 is 274 Å². The molecule has 786 valence electrons. The molecule has 11 aliphatic rings. The summed E-state index contributed by atoms with van der Waals surface area (Å²) >= 11 is 0. The van der Waals surface area contributed by atoms with E-state index in [-0.39, 0.29) is 0 Å². The largest absolute Gasteiger partial charge is 0.394 e. The molecule has 0 radical (unpaired) electrons. The number of hydrogen-bond donors (Lipinski definition) is 34. The summed E-state index contributed by atoms with van der Waals surface area (Å²) in [5.74, 6) is -4.70. The number of amides is 5. The normalized spacial score (nSPS) is 49.2. The molecule has 60 nitrogen and oxygen atoms in total. The highest BCUT2D eigenvalue weighted by molar-refractivity contribution is 5.75. The standard InChI is InChI=1S/C76H127N5O55/c1-17-38(95)50(107)54(111)71(118-17)116-16-32-61(46(103)33(66(115)119-32)77-18(2)90)130-68-35(79-20(4)92)48(105)60(29(13-88)125-68)132-74-57(114)63(44(101)31(128-74)15-117-75-64(52(109)41(98)25(9-84)123-75)135-69-36(80-21(5)93)47(104)58(28(12-87)126-69)129-67-34(78-19(3)91)45(102)39(96)23(7-82)120-67)134-76-65(53(110)42(99)26(10-85)124-76)136-70-37(81-22(6)94)49(106)59(30(14-89)127-70)131-73-56(113)62(43(100)27(11-86)122-73)133-72-55(112)51(108)40(97)24(8-83)121-72/h17,23-76,82-89,95-115H,7-16H2,1-6H3,(H,77,90)(H,78,91)(H,79,92)(H,80,93)(H,81,94)/t17-,23+,24+,25+,26+,27+,28+,29+,30+,31+,32+,33+,34+,35+,36+,37-,38+,39-,40-,41+,42+,43-,44+,45+,46+,47+,48+,49+,50+,51-,52-,53-,54-,55+,56+,57-,58+,59+,60+,61+,62-,63-,64-,65-,66+,67-,68-,69-,70-,71+,72+,73-,74-,75-,76+/m0/s1. The van der Waals surface area contributed by atoms with Crippen LogP contribution in [-0.2, 0) is 123 Å². The highest BCUT2D eigenvalue weighted by Gasteiger charge is 2.63. The number of carbonyl (C=O) groups is 5. The second-order valence-corrected chi connectivity index (χ2v) is 34.5. The van der Waals surface area contributed by atoms with Gasteiger partial charge in [-0.05, 0) is 6.92 Å². The summed E-state index contributed by atoms with van der Waals surface area (Å²) in [4.78, 5) is 64.6. The molecule has 60 heteroatoms. The van der Waals surface area contributed by atoms with Gasteiger partial charge in [-0.3, -0.25) is 24.0 Å². The Labute approximate surface area is 770 Å². The topological polar surface area (TPSA) is 926 Å². The van der Waals surface area contributed by atoms with E-state index in [1.807, 2.05) is 0 Å². The highest BCUT2D eigenvalue weighted by Crippen LogP contribution is 2.42. The molecule has 11 aliphatic heterocycles. The van der Waals surface area contributed by atoms with Gasteiger partial charge in [0.15, 0.2) is 69.2 Å². The zero-order chi connectivity index (χ0) is 100. The van der Waals surface area contributed by atoms with Crippen molar-refractivity contribution in [1.29, 1.82) is 0 Å². The van der Waals surface area contributed by atoms with Crippen LogP contribution in [0, 0.1) is 0 Å². The van der Waals surface area contributed by atoms with Crippen LogP contribution < -0.4 is 26.6 Å². The lowest BCUT2D eigenvalue weighted by atomic mass is 9.93. The summed E-state index contributed by atoms with van der Waals surface area (Å²) in [6.45, 7) is -5.32. The van der Waals surface area contributed by atoms with Crippen LogP contribution in [0.3, 0.4) is 0 Å². The summed E-state index contributed by atoms with van der Waals surface area (Å²) in [7, 11) is 0. The minimum Gasteiger partial charge on any atom is -0.394 e. The second kappa shape index (κ2) is 48.8. The third-order valence-corrected chi connectivity index (χ3v) is 24.9. The van der Waals surface area contributed by atoms with E-state index in [1.54, 1.807) is 0 Å². The quantitative estimate of drug-likeness (QED) is 0.0280.